The topological polar surface area (TPSA) is 57.6 Å². The van der Waals surface area contributed by atoms with E-state index in [4.69, 9.17) is 4.55 Å². The second-order valence-corrected chi connectivity index (χ2v) is 4.05. The molecule has 0 spiro atoms. The third kappa shape index (κ3) is 2.64. The van der Waals surface area contributed by atoms with Crippen LogP contribution < -0.4 is 0 Å². The van der Waals surface area contributed by atoms with Gasteiger partial charge in [-0.3, -0.25) is 4.55 Å². The molecular weight excluding hydrogens is 154 g/mol. The summed E-state index contributed by atoms with van der Waals surface area (Å²) >= 11 is 0. The molecule has 0 aliphatic carbocycles. The first-order valence-electron chi connectivity index (χ1n) is 3.25. The lowest BCUT2D eigenvalue weighted by atomic mass is 10.2. The van der Waals surface area contributed by atoms with Gasteiger partial charge in [-0.1, -0.05) is 0 Å². The summed E-state index contributed by atoms with van der Waals surface area (Å²) in [6, 6.07) is 0. The molecule has 1 N–H and O–H groups in total. The van der Waals surface area contributed by atoms with E-state index in [1.807, 2.05) is 4.90 Å². The summed E-state index contributed by atoms with van der Waals surface area (Å²) in [6.45, 7) is 2.41. The molecule has 10 heavy (non-hydrogen) atoms. The maximum atomic E-state index is 10.2. The summed E-state index contributed by atoms with van der Waals surface area (Å²) in [5.74, 6) is -0.132. The van der Waals surface area contributed by atoms with Crippen molar-refractivity contribution in [1.82, 2.24) is 4.90 Å². The van der Waals surface area contributed by atoms with Crippen LogP contribution in [0.15, 0.2) is 0 Å². The van der Waals surface area contributed by atoms with Crippen LogP contribution in [0.4, 0.5) is 0 Å². The lowest BCUT2D eigenvalue weighted by molar-refractivity contribution is 0.192. The van der Waals surface area contributed by atoms with Crippen molar-refractivity contribution >= 4 is 10.1 Å². The van der Waals surface area contributed by atoms with E-state index in [0.717, 1.165) is 19.5 Å². The Bertz CT molecular complexity index is 195. The molecule has 0 unspecified atom stereocenters. The predicted octanol–water partition coefficient (Wildman–Crippen LogP) is -0.420. The Morgan fingerprint density at radius 2 is 2.00 bits per heavy atom. The lowest BCUT2D eigenvalue weighted by Crippen LogP contribution is -2.40. The normalized spacial score (nSPS) is 20.5. The minimum atomic E-state index is -3.74. The molecule has 0 bridgehead atoms. The maximum Gasteiger partial charge on any atom is 0.266 e. The van der Waals surface area contributed by atoms with Gasteiger partial charge in [0, 0.05) is 6.54 Å². The van der Waals surface area contributed by atoms with Gasteiger partial charge in [-0.05, 0) is 19.5 Å². The van der Waals surface area contributed by atoms with Gasteiger partial charge in [-0.25, -0.2) is 0 Å². The molecule has 1 aliphatic heterocycles. The van der Waals surface area contributed by atoms with Gasteiger partial charge < -0.3 is 4.90 Å². The fourth-order valence-corrected chi connectivity index (χ4v) is 1.34. The monoisotopic (exact) mass is 165 g/mol. The fraction of sp³-hybridized carbons (Fsp3) is 1.00. The van der Waals surface area contributed by atoms with Gasteiger partial charge in [0.05, 0.1) is 5.75 Å². The first kappa shape index (κ1) is 7.97. The summed E-state index contributed by atoms with van der Waals surface area (Å²) in [5, 5.41) is 0. The minimum absolute atomic E-state index is 0.132. The molecule has 0 aromatic heterocycles. The summed E-state index contributed by atoms with van der Waals surface area (Å²) in [4.78, 5) is 1.99. The predicted molar refractivity (Wildman–Crippen MR) is 37.5 cm³/mol. The van der Waals surface area contributed by atoms with E-state index in [0.29, 0.717) is 6.54 Å². The van der Waals surface area contributed by atoms with Gasteiger partial charge in [0.25, 0.3) is 10.1 Å². The zero-order chi connectivity index (χ0) is 7.61. The fourth-order valence-electron chi connectivity index (χ4n) is 0.850. The second kappa shape index (κ2) is 2.86. The Balaban J connectivity index is 2.16. The van der Waals surface area contributed by atoms with Crippen molar-refractivity contribution in [3.8, 4) is 0 Å². The summed E-state index contributed by atoms with van der Waals surface area (Å²) in [6.07, 6.45) is 1.14. The van der Waals surface area contributed by atoms with Crippen LogP contribution in [-0.4, -0.2) is 43.3 Å². The molecule has 5 heteroatoms. The molecule has 0 aromatic rings. The van der Waals surface area contributed by atoms with Gasteiger partial charge in [0.2, 0.25) is 0 Å². The number of likely N-dealkylation sites (tertiary alicyclic amines) is 1. The molecule has 0 saturated carbocycles. The van der Waals surface area contributed by atoms with Crippen LogP contribution in [0, 0.1) is 0 Å². The largest absolute Gasteiger partial charge is 0.302 e. The highest BCUT2D eigenvalue weighted by Gasteiger charge is 2.15. The average molecular weight is 165 g/mol. The van der Waals surface area contributed by atoms with Gasteiger partial charge in [-0.15, -0.1) is 0 Å². The minimum Gasteiger partial charge on any atom is -0.302 e. The van der Waals surface area contributed by atoms with Crippen LogP contribution in [0.1, 0.15) is 6.42 Å². The molecule has 1 rings (SSSR count). The van der Waals surface area contributed by atoms with E-state index >= 15 is 0 Å². The molecule has 0 radical (unpaired) electrons. The SMILES string of the molecule is O=S(=O)(O)CCN1CCC1. The molecular formula is C5H11NO3S. The molecule has 0 atom stereocenters. The summed E-state index contributed by atoms with van der Waals surface area (Å²) < 4.78 is 28.7. The van der Waals surface area contributed by atoms with E-state index in [1.165, 1.54) is 0 Å². The van der Waals surface area contributed by atoms with Crippen LogP contribution in [0.5, 0.6) is 0 Å². The Hall–Kier alpha value is -0.130. The van der Waals surface area contributed by atoms with E-state index in [9.17, 15) is 8.42 Å². The van der Waals surface area contributed by atoms with Crippen molar-refractivity contribution in [3.05, 3.63) is 0 Å². The van der Waals surface area contributed by atoms with Crippen LogP contribution in [0.3, 0.4) is 0 Å². The number of rotatable bonds is 3. The third-order valence-electron chi connectivity index (χ3n) is 1.61. The molecule has 1 heterocycles. The standard InChI is InChI=1S/C5H11NO3S/c7-10(8,9)5-4-6-2-1-3-6/h1-5H2,(H,7,8,9). The van der Waals surface area contributed by atoms with Crippen LogP contribution in [0.2, 0.25) is 0 Å². The van der Waals surface area contributed by atoms with E-state index in [2.05, 4.69) is 0 Å². The molecule has 4 nitrogen and oxygen atoms in total. The number of nitrogens with zero attached hydrogens (tertiary/aromatic N) is 1. The van der Waals surface area contributed by atoms with Gasteiger partial charge >= 0.3 is 0 Å². The molecule has 1 aliphatic rings. The van der Waals surface area contributed by atoms with Crippen molar-refractivity contribution < 1.29 is 13.0 Å². The lowest BCUT2D eigenvalue weighted by Gasteiger charge is -2.29. The highest BCUT2D eigenvalue weighted by molar-refractivity contribution is 7.85. The maximum absolute atomic E-state index is 10.2. The molecule has 60 valence electrons. The Morgan fingerprint density at radius 1 is 1.40 bits per heavy atom. The zero-order valence-corrected chi connectivity index (χ0v) is 6.47. The number of hydrogen-bond acceptors (Lipinski definition) is 3. The third-order valence-corrected chi connectivity index (χ3v) is 2.31. The van der Waals surface area contributed by atoms with Gasteiger partial charge in [0.15, 0.2) is 0 Å². The van der Waals surface area contributed by atoms with E-state index in [1.54, 1.807) is 0 Å². The molecule has 1 fully saturated rings. The van der Waals surface area contributed by atoms with Crippen molar-refractivity contribution in [1.29, 1.82) is 0 Å². The smallest absolute Gasteiger partial charge is 0.266 e. The van der Waals surface area contributed by atoms with Gasteiger partial charge in [-0.2, -0.15) is 8.42 Å². The molecule has 1 saturated heterocycles. The van der Waals surface area contributed by atoms with E-state index in [-0.39, 0.29) is 5.75 Å². The van der Waals surface area contributed by atoms with Crippen molar-refractivity contribution in [2.24, 2.45) is 0 Å². The Labute approximate surface area is 60.6 Å². The second-order valence-electron chi connectivity index (χ2n) is 2.48. The van der Waals surface area contributed by atoms with Gasteiger partial charge in [0.1, 0.15) is 0 Å². The highest BCUT2D eigenvalue weighted by Crippen LogP contribution is 2.04. The summed E-state index contributed by atoms with van der Waals surface area (Å²) in [5.41, 5.74) is 0. The first-order chi connectivity index (χ1) is 4.58. The van der Waals surface area contributed by atoms with Crippen LogP contribution in [0.25, 0.3) is 0 Å². The zero-order valence-electron chi connectivity index (χ0n) is 5.65. The first-order valence-corrected chi connectivity index (χ1v) is 4.86. The van der Waals surface area contributed by atoms with Crippen molar-refractivity contribution in [3.63, 3.8) is 0 Å². The highest BCUT2D eigenvalue weighted by atomic mass is 32.2. The van der Waals surface area contributed by atoms with Crippen LogP contribution in [-0.2, 0) is 10.1 Å². The average Bonchev–Trinajstić information content (AvgIpc) is 1.56. The Morgan fingerprint density at radius 3 is 2.30 bits per heavy atom. The quantitative estimate of drug-likeness (QED) is 0.577. The van der Waals surface area contributed by atoms with Crippen molar-refractivity contribution in [2.45, 2.75) is 6.42 Å². The van der Waals surface area contributed by atoms with E-state index < -0.39 is 10.1 Å². The van der Waals surface area contributed by atoms with Crippen LogP contribution >= 0.6 is 0 Å². The summed E-state index contributed by atoms with van der Waals surface area (Å²) in [7, 11) is -3.74. The Kier molecular flexibility index (Phi) is 2.28. The number of hydrogen-bond donors (Lipinski definition) is 1. The molecule has 0 aromatic carbocycles. The van der Waals surface area contributed by atoms with Crippen molar-refractivity contribution in [2.75, 3.05) is 25.4 Å². The molecule has 0 amide bonds.